The third-order valence-electron chi connectivity index (χ3n) is 2.69. The zero-order valence-corrected chi connectivity index (χ0v) is 10.5. The molecule has 2 rings (SSSR count). The number of benzene rings is 2. The molecule has 0 aliphatic rings. The largest absolute Gasteiger partial charge is 0.377 e. The lowest BCUT2D eigenvalue weighted by Gasteiger charge is -2.18. The second-order valence-corrected chi connectivity index (χ2v) is 4.43. The first-order chi connectivity index (χ1) is 8.69. The molecule has 0 fully saturated rings. The molecule has 0 heterocycles. The first-order valence-electron chi connectivity index (χ1n) is 5.66. The predicted molar refractivity (Wildman–Crippen MR) is 73.3 cm³/mol. The summed E-state index contributed by atoms with van der Waals surface area (Å²) in [6, 6.07) is 13.7. The van der Waals surface area contributed by atoms with Crippen molar-refractivity contribution in [1.29, 1.82) is 0 Å². The van der Waals surface area contributed by atoms with E-state index in [0.717, 1.165) is 11.3 Å². The fourth-order valence-corrected chi connectivity index (χ4v) is 1.85. The highest BCUT2D eigenvalue weighted by molar-refractivity contribution is 6.30. The number of nitrogens with two attached hydrogens (primary N) is 1. The minimum absolute atomic E-state index is 0.0206. The average Bonchev–Trinajstić information content (AvgIpc) is 2.39. The van der Waals surface area contributed by atoms with Crippen molar-refractivity contribution >= 4 is 17.3 Å². The van der Waals surface area contributed by atoms with Crippen LogP contribution in [-0.4, -0.2) is 6.54 Å². The van der Waals surface area contributed by atoms with E-state index in [1.807, 2.05) is 24.3 Å². The van der Waals surface area contributed by atoms with Gasteiger partial charge in [0.1, 0.15) is 5.82 Å². The van der Waals surface area contributed by atoms with Gasteiger partial charge in [-0.3, -0.25) is 0 Å². The Bertz CT molecular complexity index is 496. The predicted octanol–water partition coefficient (Wildman–Crippen LogP) is 3.59. The maximum Gasteiger partial charge on any atom is 0.123 e. The zero-order valence-electron chi connectivity index (χ0n) is 9.74. The van der Waals surface area contributed by atoms with Gasteiger partial charge in [-0.25, -0.2) is 4.39 Å². The topological polar surface area (TPSA) is 38.0 Å². The van der Waals surface area contributed by atoms with Crippen LogP contribution in [0.1, 0.15) is 11.6 Å². The first kappa shape index (κ1) is 12.9. The highest BCUT2D eigenvalue weighted by atomic mass is 35.5. The molecule has 2 aromatic rings. The van der Waals surface area contributed by atoms with Crippen molar-refractivity contribution in [3.63, 3.8) is 0 Å². The van der Waals surface area contributed by atoms with Crippen LogP contribution in [0.4, 0.5) is 10.1 Å². The number of rotatable bonds is 4. The highest BCUT2D eigenvalue weighted by Crippen LogP contribution is 2.20. The molecule has 1 unspecified atom stereocenters. The van der Waals surface area contributed by atoms with Gasteiger partial charge in [-0.2, -0.15) is 0 Å². The van der Waals surface area contributed by atoms with Crippen molar-refractivity contribution in [2.24, 2.45) is 5.73 Å². The van der Waals surface area contributed by atoms with E-state index in [9.17, 15) is 4.39 Å². The Hall–Kier alpha value is -1.58. The van der Waals surface area contributed by atoms with E-state index in [0.29, 0.717) is 11.6 Å². The lowest BCUT2D eigenvalue weighted by molar-refractivity contribution is 0.628. The van der Waals surface area contributed by atoms with Gasteiger partial charge in [0, 0.05) is 17.3 Å². The second kappa shape index (κ2) is 5.85. The summed E-state index contributed by atoms with van der Waals surface area (Å²) in [6.07, 6.45) is 0. The molecule has 0 aliphatic heterocycles. The molecule has 2 aromatic carbocycles. The molecular weight excluding hydrogens is 251 g/mol. The van der Waals surface area contributed by atoms with Gasteiger partial charge in [-0.05, 0) is 42.0 Å². The van der Waals surface area contributed by atoms with E-state index >= 15 is 0 Å². The van der Waals surface area contributed by atoms with Gasteiger partial charge < -0.3 is 11.1 Å². The number of hydrogen-bond acceptors (Lipinski definition) is 2. The molecule has 0 amide bonds. The minimum atomic E-state index is -0.253. The molecule has 18 heavy (non-hydrogen) atoms. The Morgan fingerprint density at radius 1 is 1.06 bits per heavy atom. The third kappa shape index (κ3) is 3.22. The van der Waals surface area contributed by atoms with Crippen LogP contribution in [0.2, 0.25) is 5.02 Å². The van der Waals surface area contributed by atoms with Crippen LogP contribution in [-0.2, 0) is 0 Å². The molecule has 0 radical (unpaired) electrons. The number of halogens is 2. The molecule has 2 nitrogen and oxygen atoms in total. The molecular formula is C14H14ClFN2. The summed E-state index contributed by atoms with van der Waals surface area (Å²) in [5.41, 5.74) is 7.63. The molecule has 0 saturated heterocycles. The summed E-state index contributed by atoms with van der Waals surface area (Å²) in [7, 11) is 0. The van der Waals surface area contributed by atoms with Gasteiger partial charge in [0.2, 0.25) is 0 Å². The van der Waals surface area contributed by atoms with Gasteiger partial charge in [0.25, 0.3) is 0 Å². The van der Waals surface area contributed by atoms with Crippen LogP contribution in [0.15, 0.2) is 48.5 Å². The first-order valence-corrected chi connectivity index (χ1v) is 6.04. The van der Waals surface area contributed by atoms with Crippen LogP contribution in [0.25, 0.3) is 0 Å². The lowest BCUT2D eigenvalue weighted by atomic mass is 10.1. The quantitative estimate of drug-likeness (QED) is 0.886. The summed E-state index contributed by atoms with van der Waals surface area (Å²) in [5.74, 6) is -0.253. The molecule has 0 saturated carbocycles. The van der Waals surface area contributed by atoms with Crippen molar-refractivity contribution < 1.29 is 4.39 Å². The summed E-state index contributed by atoms with van der Waals surface area (Å²) in [5, 5.41) is 3.95. The molecule has 1 atom stereocenters. The van der Waals surface area contributed by atoms with Crippen LogP contribution in [0.5, 0.6) is 0 Å². The Labute approximate surface area is 111 Å². The molecule has 3 N–H and O–H groups in total. The molecule has 4 heteroatoms. The average molecular weight is 265 g/mol. The molecule has 94 valence electrons. The molecule has 0 spiro atoms. The van der Waals surface area contributed by atoms with E-state index in [-0.39, 0.29) is 11.9 Å². The summed E-state index contributed by atoms with van der Waals surface area (Å²) < 4.78 is 12.8. The van der Waals surface area contributed by atoms with Crippen molar-refractivity contribution in [3.8, 4) is 0 Å². The maximum absolute atomic E-state index is 12.8. The van der Waals surface area contributed by atoms with Crippen molar-refractivity contribution in [2.45, 2.75) is 6.04 Å². The monoisotopic (exact) mass is 264 g/mol. The Morgan fingerprint density at radius 2 is 1.67 bits per heavy atom. The van der Waals surface area contributed by atoms with Crippen LogP contribution < -0.4 is 11.1 Å². The summed E-state index contributed by atoms with van der Waals surface area (Å²) in [4.78, 5) is 0. The summed E-state index contributed by atoms with van der Waals surface area (Å²) in [6.45, 7) is 0.443. The fraction of sp³-hybridized carbons (Fsp3) is 0.143. The van der Waals surface area contributed by atoms with Gasteiger partial charge in [0.05, 0.1) is 6.04 Å². The Balaban J connectivity index is 2.14. The van der Waals surface area contributed by atoms with Crippen molar-refractivity contribution in [2.75, 3.05) is 11.9 Å². The fourth-order valence-electron chi connectivity index (χ4n) is 1.72. The number of anilines is 1. The van der Waals surface area contributed by atoms with Gasteiger partial charge >= 0.3 is 0 Å². The van der Waals surface area contributed by atoms with Gasteiger partial charge in [0.15, 0.2) is 0 Å². The second-order valence-electron chi connectivity index (χ2n) is 3.99. The lowest BCUT2D eigenvalue weighted by Crippen LogP contribution is -2.20. The van der Waals surface area contributed by atoms with E-state index in [1.54, 1.807) is 12.1 Å². The van der Waals surface area contributed by atoms with Gasteiger partial charge in [-0.1, -0.05) is 23.7 Å². The van der Waals surface area contributed by atoms with Gasteiger partial charge in [-0.15, -0.1) is 0 Å². The smallest absolute Gasteiger partial charge is 0.123 e. The van der Waals surface area contributed by atoms with E-state index in [1.165, 1.54) is 12.1 Å². The van der Waals surface area contributed by atoms with Crippen molar-refractivity contribution in [3.05, 3.63) is 64.9 Å². The van der Waals surface area contributed by atoms with Crippen LogP contribution in [0.3, 0.4) is 0 Å². The molecule has 0 aliphatic carbocycles. The normalized spacial score (nSPS) is 12.2. The zero-order chi connectivity index (χ0) is 13.0. The SMILES string of the molecule is NCC(Nc1ccc(F)cc1)c1ccc(Cl)cc1. The Morgan fingerprint density at radius 3 is 2.22 bits per heavy atom. The number of nitrogens with one attached hydrogen (secondary N) is 1. The van der Waals surface area contributed by atoms with E-state index in [4.69, 9.17) is 17.3 Å². The van der Waals surface area contributed by atoms with Crippen LogP contribution in [0, 0.1) is 5.82 Å². The maximum atomic E-state index is 12.8. The third-order valence-corrected chi connectivity index (χ3v) is 2.95. The van der Waals surface area contributed by atoms with E-state index < -0.39 is 0 Å². The standard InChI is InChI=1S/C14H14ClFN2/c15-11-3-1-10(2-4-11)14(9-17)18-13-7-5-12(16)6-8-13/h1-8,14,18H,9,17H2. The highest BCUT2D eigenvalue weighted by Gasteiger charge is 2.09. The summed E-state index contributed by atoms with van der Waals surface area (Å²) >= 11 is 5.84. The number of hydrogen-bond donors (Lipinski definition) is 2. The van der Waals surface area contributed by atoms with E-state index in [2.05, 4.69) is 5.32 Å². The molecule has 0 bridgehead atoms. The minimum Gasteiger partial charge on any atom is -0.377 e. The Kier molecular flexibility index (Phi) is 4.18. The van der Waals surface area contributed by atoms with Crippen LogP contribution >= 0.6 is 11.6 Å². The van der Waals surface area contributed by atoms with Crippen molar-refractivity contribution in [1.82, 2.24) is 0 Å². The molecule has 0 aromatic heterocycles.